The monoisotopic (exact) mass is 212 g/mol. The molecule has 0 aliphatic carbocycles. The summed E-state index contributed by atoms with van der Waals surface area (Å²) >= 11 is 5.74. The number of halogens is 2. The highest BCUT2D eigenvalue weighted by atomic mass is 35.5. The van der Waals surface area contributed by atoms with E-state index in [0.717, 1.165) is 0 Å². The molecule has 0 saturated heterocycles. The van der Waals surface area contributed by atoms with E-state index in [1.807, 2.05) is 0 Å². The fraction of sp³-hybridized carbons (Fsp3) is 0.111. The molecule has 0 amide bonds. The van der Waals surface area contributed by atoms with Crippen molar-refractivity contribution in [1.29, 1.82) is 0 Å². The van der Waals surface area contributed by atoms with Gasteiger partial charge >= 0.3 is 0 Å². The average molecular weight is 213 g/mol. The number of aromatic nitrogens is 2. The number of H-pyrrole nitrogens is 1. The Morgan fingerprint density at radius 3 is 3.00 bits per heavy atom. The maximum Gasteiger partial charge on any atom is 0.258 e. The van der Waals surface area contributed by atoms with Gasteiger partial charge in [0.2, 0.25) is 0 Å². The Hall–Kier alpha value is -1.42. The molecule has 0 atom stereocenters. The quantitative estimate of drug-likeness (QED) is 0.726. The molecule has 2 rings (SSSR count). The van der Waals surface area contributed by atoms with Crippen molar-refractivity contribution in [2.24, 2.45) is 0 Å². The van der Waals surface area contributed by atoms with Gasteiger partial charge in [-0.05, 0) is 13.0 Å². The Balaban J connectivity index is 3.06. The maximum absolute atomic E-state index is 13.5. The molecule has 14 heavy (non-hydrogen) atoms. The second kappa shape index (κ2) is 3.06. The molecule has 1 aromatic heterocycles. The largest absolute Gasteiger partial charge is 0.313 e. The smallest absolute Gasteiger partial charge is 0.258 e. The van der Waals surface area contributed by atoms with E-state index in [2.05, 4.69) is 9.97 Å². The second-order valence-corrected chi connectivity index (χ2v) is 3.33. The van der Waals surface area contributed by atoms with Crippen LogP contribution in [0, 0.1) is 12.7 Å². The molecule has 3 nitrogen and oxygen atoms in total. The van der Waals surface area contributed by atoms with Crippen LogP contribution in [0.1, 0.15) is 5.56 Å². The number of hydrogen-bond acceptors (Lipinski definition) is 2. The highest BCUT2D eigenvalue weighted by Gasteiger charge is 2.11. The first kappa shape index (κ1) is 9.15. The van der Waals surface area contributed by atoms with Gasteiger partial charge in [0, 0.05) is 10.6 Å². The Morgan fingerprint density at radius 2 is 2.29 bits per heavy atom. The average Bonchev–Trinajstić information content (AvgIpc) is 2.17. The number of fused-ring (bicyclic) bond motifs is 1. The van der Waals surface area contributed by atoms with Crippen LogP contribution in [0.2, 0.25) is 5.02 Å². The molecule has 2 aromatic rings. The predicted molar refractivity (Wildman–Crippen MR) is 52.1 cm³/mol. The van der Waals surface area contributed by atoms with Crippen LogP contribution in [-0.4, -0.2) is 9.97 Å². The second-order valence-electron chi connectivity index (χ2n) is 2.93. The molecule has 1 N–H and O–H groups in total. The molecule has 0 aliphatic rings. The van der Waals surface area contributed by atoms with Crippen LogP contribution < -0.4 is 5.56 Å². The summed E-state index contributed by atoms with van der Waals surface area (Å²) in [6, 6.07) is 1.42. The predicted octanol–water partition coefficient (Wildman–Crippen LogP) is 2.02. The van der Waals surface area contributed by atoms with Crippen LogP contribution in [0.15, 0.2) is 17.2 Å². The van der Waals surface area contributed by atoms with Gasteiger partial charge in [-0.15, -0.1) is 0 Å². The van der Waals surface area contributed by atoms with E-state index in [4.69, 9.17) is 11.6 Å². The third-order valence-electron chi connectivity index (χ3n) is 2.06. The summed E-state index contributed by atoms with van der Waals surface area (Å²) in [4.78, 5) is 17.4. The standard InChI is InChI=1S/C9H6ClFN2O/c1-4-6(10)2-5-8(7(4)11)12-3-13-9(5)14/h2-3H,1H3,(H,12,13,14). The maximum atomic E-state index is 13.5. The minimum absolute atomic E-state index is 0.0515. The third kappa shape index (κ3) is 1.19. The lowest BCUT2D eigenvalue weighted by Gasteiger charge is -2.02. The Bertz CT molecular complexity index is 564. The summed E-state index contributed by atoms with van der Waals surface area (Å²) in [5, 5.41) is 0.397. The fourth-order valence-electron chi connectivity index (χ4n) is 1.24. The van der Waals surface area contributed by atoms with Crippen molar-refractivity contribution in [2.45, 2.75) is 6.92 Å². The summed E-state index contributed by atoms with van der Waals surface area (Å²) in [6.07, 6.45) is 1.17. The van der Waals surface area contributed by atoms with Gasteiger partial charge in [-0.1, -0.05) is 11.6 Å². The van der Waals surface area contributed by atoms with Crippen molar-refractivity contribution < 1.29 is 4.39 Å². The number of nitrogens with one attached hydrogen (secondary N) is 1. The van der Waals surface area contributed by atoms with E-state index >= 15 is 0 Å². The molecule has 0 unspecified atom stereocenters. The van der Waals surface area contributed by atoms with Crippen LogP contribution in [0.3, 0.4) is 0 Å². The number of hydrogen-bond donors (Lipinski definition) is 1. The number of benzene rings is 1. The zero-order chi connectivity index (χ0) is 10.3. The van der Waals surface area contributed by atoms with E-state index in [1.54, 1.807) is 6.92 Å². The van der Waals surface area contributed by atoms with Crippen LogP contribution in [0.25, 0.3) is 10.9 Å². The normalized spacial score (nSPS) is 10.8. The highest BCUT2D eigenvalue weighted by molar-refractivity contribution is 6.32. The number of aromatic amines is 1. The number of nitrogens with zero attached hydrogens (tertiary/aromatic N) is 1. The molecular weight excluding hydrogens is 207 g/mol. The van der Waals surface area contributed by atoms with Gasteiger partial charge in [0.25, 0.3) is 5.56 Å². The van der Waals surface area contributed by atoms with Crippen molar-refractivity contribution in [3.05, 3.63) is 39.2 Å². The van der Waals surface area contributed by atoms with E-state index in [0.29, 0.717) is 5.56 Å². The first-order valence-electron chi connectivity index (χ1n) is 3.93. The van der Waals surface area contributed by atoms with Crippen LogP contribution in [-0.2, 0) is 0 Å². The minimum Gasteiger partial charge on any atom is -0.313 e. The van der Waals surface area contributed by atoms with Gasteiger partial charge in [0.1, 0.15) is 5.52 Å². The van der Waals surface area contributed by atoms with Gasteiger partial charge in [-0.2, -0.15) is 0 Å². The van der Waals surface area contributed by atoms with Gasteiger partial charge < -0.3 is 4.98 Å². The topological polar surface area (TPSA) is 45.8 Å². The van der Waals surface area contributed by atoms with Crippen molar-refractivity contribution in [3.63, 3.8) is 0 Å². The van der Waals surface area contributed by atoms with Crippen LogP contribution in [0.4, 0.5) is 4.39 Å². The van der Waals surface area contributed by atoms with Gasteiger partial charge in [-0.3, -0.25) is 4.79 Å². The van der Waals surface area contributed by atoms with Crippen LogP contribution >= 0.6 is 11.6 Å². The minimum atomic E-state index is -0.543. The van der Waals surface area contributed by atoms with E-state index in [-0.39, 0.29) is 15.9 Å². The summed E-state index contributed by atoms with van der Waals surface area (Å²) in [5.41, 5.74) is -0.0382. The molecule has 0 bridgehead atoms. The van der Waals surface area contributed by atoms with Crippen molar-refractivity contribution in [1.82, 2.24) is 9.97 Å². The lowest BCUT2D eigenvalue weighted by Crippen LogP contribution is -2.07. The molecule has 1 aromatic carbocycles. The fourth-order valence-corrected chi connectivity index (χ4v) is 1.43. The van der Waals surface area contributed by atoms with Gasteiger partial charge in [0.15, 0.2) is 5.82 Å². The van der Waals surface area contributed by atoms with Gasteiger partial charge in [-0.25, -0.2) is 9.37 Å². The zero-order valence-electron chi connectivity index (χ0n) is 7.27. The molecule has 72 valence electrons. The summed E-state index contributed by atoms with van der Waals surface area (Å²) in [6.45, 7) is 1.54. The Labute approximate surface area is 83.5 Å². The molecule has 0 fully saturated rings. The lowest BCUT2D eigenvalue weighted by atomic mass is 10.1. The highest BCUT2D eigenvalue weighted by Crippen LogP contribution is 2.23. The van der Waals surface area contributed by atoms with Crippen molar-refractivity contribution >= 4 is 22.5 Å². The number of rotatable bonds is 0. The Morgan fingerprint density at radius 1 is 1.57 bits per heavy atom. The summed E-state index contributed by atoms with van der Waals surface area (Å²) < 4.78 is 13.5. The molecule has 0 saturated carbocycles. The molecule has 0 radical (unpaired) electrons. The summed E-state index contributed by atoms with van der Waals surface area (Å²) in [5.74, 6) is -0.543. The molecule has 0 spiro atoms. The van der Waals surface area contributed by atoms with E-state index in [1.165, 1.54) is 12.4 Å². The van der Waals surface area contributed by atoms with Crippen LogP contribution in [0.5, 0.6) is 0 Å². The SMILES string of the molecule is Cc1c(Cl)cc2c(=O)[nH]cnc2c1F. The van der Waals surface area contributed by atoms with Crippen molar-refractivity contribution in [2.75, 3.05) is 0 Å². The third-order valence-corrected chi connectivity index (χ3v) is 2.45. The van der Waals surface area contributed by atoms with Crippen molar-refractivity contribution in [3.8, 4) is 0 Å². The molecule has 0 aliphatic heterocycles. The zero-order valence-corrected chi connectivity index (χ0v) is 8.02. The first-order valence-corrected chi connectivity index (χ1v) is 4.31. The molecule has 5 heteroatoms. The van der Waals surface area contributed by atoms with Gasteiger partial charge in [0.05, 0.1) is 11.7 Å². The molecule has 1 heterocycles. The Kier molecular flexibility index (Phi) is 2.00. The first-order chi connectivity index (χ1) is 6.61. The van der Waals surface area contributed by atoms with E-state index in [9.17, 15) is 9.18 Å². The molecular formula is C9H6ClFN2O. The van der Waals surface area contributed by atoms with E-state index < -0.39 is 11.4 Å². The summed E-state index contributed by atoms with van der Waals surface area (Å²) in [7, 11) is 0. The lowest BCUT2D eigenvalue weighted by molar-refractivity contribution is 0.627.